The summed E-state index contributed by atoms with van der Waals surface area (Å²) in [4.78, 5) is 39.5. The number of anilines is 1. The van der Waals surface area contributed by atoms with Crippen molar-refractivity contribution in [2.45, 2.75) is 30.8 Å². The topological polar surface area (TPSA) is 130 Å². The second-order valence-electron chi connectivity index (χ2n) is 9.93. The number of likely N-dealkylation sites (N-methyl/N-ethyl adjacent to an activating group) is 1. The van der Waals surface area contributed by atoms with Crippen molar-refractivity contribution in [3.8, 4) is 0 Å². The van der Waals surface area contributed by atoms with Crippen LogP contribution >= 0.6 is 0 Å². The van der Waals surface area contributed by atoms with E-state index in [4.69, 9.17) is 0 Å². The summed E-state index contributed by atoms with van der Waals surface area (Å²) in [6.45, 7) is 1.33. The third-order valence-electron chi connectivity index (χ3n) is 6.95. The number of nitrogens with zero attached hydrogens (tertiary/aromatic N) is 3. The predicted molar refractivity (Wildman–Crippen MR) is 164 cm³/mol. The Morgan fingerprint density at radius 2 is 1.42 bits per heavy atom. The van der Waals surface area contributed by atoms with Gasteiger partial charge in [-0.25, -0.2) is 8.42 Å². The molecule has 4 aromatic carbocycles. The first kappa shape index (κ1) is 30.9. The van der Waals surface area contributed by atoms with Gasteiger partial charge in [0.15, 0.2) is 0 Å². The zero-order valence-corrected chi connectivity index (χ0v) is 24.6. The molecule has 0 aliphatic heterocycles. The molecular formula is C32H32N4O6S. The fourth-order valence-corrected chi connectivity index (χ4v) is 6.04. The number of benzene rings is 4. The lowest BCUT2D eigenvalue weighted by atomic mass is 10.0. The third-order valence-corrected chi connectivity index (χ3v) is 8.74. The van der Waals surface area contributed by atoms with E-state index >= 15 is 0 Å². The lowest BCUT2D eigenvalue weighted by molar-refractivity contribution is -0.384. The zero-order valence-electron chi connectivity index (χ0n) is 23.8. The maximum absolute atomic E-state index is 14.2. The maximum Gasteiger partial charge on any atom is 0.269 e. The summed E-state index contributed by atoms with van der Waals surface area (Å²) in [6.07, 6.45) is 0.196. The fraction of sp³-hybridized carbons (Fsp3) is 0.188. The van der Waals surface area contributed by atoms with Gasteiger partial charge in [0.2, 0.25) is 11.8 Å². The van der Waals surface area contributed by atoms with Crippen molar-refractivity contribution < 1.29 is 22.9 Å². The molecule has 0 bridgehead atoms. The van der Waals surface area contributed by atoms with E-state index in [2.05, 4.69) is 5.32 Å². The number of amides is 2. The van der Waals surface area contributed by atoms with Crippen LogP contribution in [0.5, 0.6) is 0 Å². The van der Waals surface area contributed by atoms with E-state index in [1.54, 1.807) is 18.2 Å². The van der Waals surface area contributed by atoms with E-state index in [1.807, 2.05) is 61.5 Å². The summed E-state index contributed by atoms with van der Waals surface area (Å²) in [6, 6.07) is 28.3. The number of sulfonamides is 1. The number of non-ortho nitro benzene ring substituents is 1. The smallest absolute Gasteiger partial charge is 0.269 e. The molecule has 1 N–H and O–H groups in total. The quantitative estimate of drug-likeness (QED) is 0.189. The summed E-state index contributed by atoms with van der Waals surface area (Å²) in [5, 5.41) is 13.9. The van der Waals surface area contributed by atoms with Gasteiger partial charge in [-0.15, -0.1) is 0 Å². The molecule has 222 valence electrons. The van der Waals surface area contributed by atoms with E-state index in [-0.39, 0.29) is 29.2 Å². The molecule has 0 aliphatic carbocycles. The van der Waals surface area contributed by atoms with Crippen molar-refractivity contribution in [3.63, 3.8) is 0 Å². The number of nitro benzene ring substituents is 1. The molecule has 4 rings (SSSR count). The summed E-state index contributed by atoms with van der Waals surface area (Å²) >= 11 is 0. The number of carbonyl (C=O) groups is 2. The first-order valence-corrected chi connectivity index (χ1v) is 15.0. The highest BCUT2D eigenvalue weighted by atomic mass is 32.2. The average Bonchev–Trinajstić information content (AvgIpc) is 3.02. The Morgan fingerprint density at radius 3 is 1.98 bits per heavy atom. The second kappa shape index (κ2) is 13.8. The molecule has 0 fully saturated rings. The van der Waals surface area contributed by atoms with Gasteiger partial charge in [0.25, 0.3) is 15.7 Å². The second-order valence-corrected chi connectivity index (χ2v) is 11.8. The molecule has 0 aliphatic rings. The average molecular weight is 601 g/mol. The van der Waals surface area contributed by atoms with Crippen LogP contribution in [0.15, 0.2) is 114 Å². The Bertz CT molecular complexity index is 1660. The molecule has 43 heavy (non-hydrogen) atoms. The summed E-state index contributed by atoms with van der Waals surface area (Å²) in [5.74, 6) is -1.03. The van der Waals surface area contributed by atoms with E-state index in [9.17, 15) is 28.1 Å². The Kier molecular flexibility index (Phi) is 9.89. The molecule has 0 aromatic heterocycles. The number of nitrogens with one attached hydrogen (secondary N) is 1. The highest BCUT2D eigenvalue weighted by Gasteiger charge is 2.34. The monoisotopic (exact) mass is 600 g/mol. The number of nitro groups is 1. The maximum atomic E-state index is 14.2. The van der Waals surface area contributed by atoms with E-state index in [1.165, 1.54) is 48.3 Å². The van der Waals surface area contributed by atoms with E-state index in [0.717, 1.165) is 21.0 Å². The third kappa shape index (κ3) is 7.63. The van der Waals surface area contributed by atoms with Crippen molar-refractivity contribution in [2.24, 2.45) is 0 Å². The van der Waals surface area contributed by atoms with Crippen molar-refractivity contribution in [1.29, 1.82) is 0 Å². The first-order chi connectivity index (χ1) is 20.6. The van der Waals surface area contributed by atoms with Gasteiger partial charge in [-0.1, -0.05) is 78.4 Å². The largest absolute Gasteiger partial charge is 0.357 e. The van der Waals surface area contributed by atoms with Crippen LogP contribution < -0.4 is 9.62 Å². The molecule has 0 saturated carbocycles. The fourth-order valence-electron chi connectivity index (χ4n) is 4.60. The van der Waals surface area contributed by atoms with Gasteiger partial charge in [-0.3, -0.25) is 24.0 Å². The Balaban J connectivity index is 1.78. The van der Waals surface area contributed by atoms with Gasteiger partial charge in [0, 0.05) is 32.1 Å². The molecule has 0 radical (unpaired) electrons. The summed E-state index contributed by atoms with van der Waals surface area (Å²) in [7, 11) is -2.81. The lowest BCUT2D eigenvalue weighted by Crippen LogP contribution is -2.53. The van der Waals surface area contributed by atoms with E-state index in [0.29, 0.717) is 0 Å². The SMILES string of the molecule is CNC(=O)C(Cc1ccccc1)N(Cc1ccc(C)cc1)C(=O)CN(c1ccc([N+](=O)[O-])cc1)S(=O)(=O)c1ccccc1. The molecular weight excluding hydrogens is 568 g/mol. The number of rotatable bonds is 12. The summed E-state index contributed by atoms with van der Waals surface area (Å²) in [5.41, 5.74) is 2.44. The van der Waals surface area contributed by atoms with Crippen molar-refractivity contribution in [1.82, 2.24) is 10.2 Å². The van der Waals surface area contributed by atoms with Crippen molar-refractivity contribution >= 4 is 33.2 Å². The summed E-state index contributed by atoms with van der Waals surface area (Å²) < 4.78 is 28.7. The highest BCUT2D eigenvalue weighted by molar-refractivity contribution is 7.92. The van der Waals surface area contributed by atoms with Crippen LogP contribution in [0.25, 0.3) is 0 Å². The van der Waals surface area contributed by atoms with Crippen LogP contribution in [0, 0.1) is 17.0 Å². The van der Waals surface area contributed by atoms with Gasteiger partial charge in [0.1, 0.15) is 12.6 Å². The predicted octanol–water partition coefficient (Wildman–Crippen LogP) is 4.48. The van der Waals surface area contributed by atoms with Crippen LogP contribution in [-0.4, -0.2) is 49.7 Å². The Hall–Kier alpha value is -5.03. The van der Waals surface area contributed by atoms with E-state index < -0.39 is 39.3 Å². The van der Waals surface area contributed by atoms with Gasteiger partial charge in [-0.2, -0.15) is 0 Å². The minimum absolute atomic E-state index is 0.0452. The molecule has 0 saturated heterocycles. The van der Waals surface area contributed by atoms with Gasteiger partial charge in [0.05, 0.1) is 15.5 Å². The van der Waals surface area contributed by atoms with Crippen molar-refractivity contribution in [2.75, 3.05) is 17.9 Å². The normalized spacial score (nSPS) is 11.8. The zero-order chi connectivity index (χ0) is 31.0. The molecule has 0 heterocycles. The minimum Gasteiger partial charge on any atom is -0.357 e. The molecule has 4 aromatic rings. The standard InChI is InChI=1S/C32H32N4O6S/c1-24-13-15-26(16-14-24)22-34(30(32(38)33-2)21-25-9-5-3-6-10-25)31(37)23-35(27-17-19-28(20-18-27)36(39)40)43(41,42)29-11-7-4-8-12-29/h3-20,30H,21-23H2,1-2H3,(H,33,38). The molecule has 1 atom stereocenters. The van der Waals surface area contributed by atoms with Crippen molar-refractivity contribution in [3.05, 3.63) is 136 Å². The first-order valence-electron chi connectivity index (χ1n) is 13.5. The minimum atomic E-state index is -4.29. The Morgan fingerprint density at radius 1 is 0.837 bits per heavy atom. The van der Waals surface area contributed by atoms with Crippen LogP contribution in [0.1, 0.15) is 16.7 Å². The van der Waals surface area contributed by atoms with Gasteiger partial charge < -0.3 is 10.2 Å². The molecule has 1 unspecified atom stereocenters. The number of hydrogen-bond acceptors (Lipinski definition) is 6. The van der Waals surface area contributed by atoms with Gasteiger partial charge in [-0.05, 0) is 42.3 Å². The van der Waals surface area contributed by atoms with Gasteiger partial charge >= 0.3 is 0 Å². The molecule has 0 spiro atoms. The van der Waals surface area contributed by atoms with Crippen LogP contribution in [-0.2, 0) is 32.6 Å². The lowest BCUT2D eigenvalue weighted by Gasteiger charge is -2.33. The van der Waals surface area contributed by atoms with Crippen LogP contribution in [0.2, 0.25) is 0 Å². The number of carbonyl (C=O) groups excluding carboxylic acids is 2. The number of aryl methyl sites for hydroxylation is 1. The number of hydrogen-bond donors (Lipinski definition) is 1. The highest BCUT2D eigenvalue weighted by Crippen LogP contribution is 2.27. The molecule has 11 heteroatoms. The molecule has 2 amide bonds. The van der Waals surface area contributed by atoms with Crippen LogP contribution in [0.4, 0.5) is 11.4 Å². The van der Waals surface area contributed by atoms with Crippen LogP contribution in [0.3, 0.4) is 0 Å². The Labute approximate surface area is 250 Å². The molecule has 10 nitrogen and oxygen atoms in total.